The van der Waals surface area contributed by atoms with E-state index in [9.17, 15) is 13.2 Å². The Balaban J connectivity index is 1.94. The summed E-state index contributed by atoms with van der Waals surface area (Å²) >= 11 is 0. The Morgan fingerprint density at radius 2 is 2.00 bits per heavy atom. The van der Waals surface area contributed by atoms with Crippen molar-refractivity contribution < 1.29 is 13.2 Å². The van der Waals surface area contributed by atoms with Crippen LogP contribution in [0.5, 0.6) is 0 Å². The summed E-state index contributed by atoms with van der Waals surface area (Å²) in [6.45, 7) is 1.09. The Kier molecular flexibility index (Phi) is 4.88. The third kappa shape index (κ3) is 4.81. The molecule has 1 aromatic carbocycles. The standard InChI is InChI=1S/C15H18F3N3/c1-2-13(12-6-4-3-5-7-12)20-14-8-9-21(11-19-14)10-15(16,17)18/h3-9,13H,2,10-11H2,1H3,(H,19,20)/t13-/m0/s1. The van der Waals surface area contributed by atoms with Crippen LogP contribution in [0.1, 0.15) is 24.9 Å². The summed E-state index contributed by atoms with van der Waals surface area (Å²) in [7, 11) is 0. The maximum atomic E-state index is 12.3. The van der Waals surface area contributed by atoms with Gasteiger partial charge in [-0.15, -0.1) is 0 Å². The van der Waals surface area contributed by atoms with E-state index in [2.05, 4.69) is 10.3 Å². The third-order valence-electron chi connectivity index (χ3n) is 3.18. The molecule has 1 atom stereocenters. The largest absolute Gasteiger partial charge is 0.405 e. The molecule has 6 heteroatoms. The van der Waals surface area contributed by atoms with E-state index >= 15 is 0 Å². The fraction of sp³-hybridized carbons (Fsp3) is 0.400. The van der Waals surface area contributed by atoms with Gasteiger partial charge in [0.15, 0.2) is 0 Å². The smallest absolute Gasteiger partial charge is 0.363 e. The number of alkyl halides is 3. The van der Waals surface area contributed by atoms with E-state index in [0.29, 0.717) is 5.84 Å². The van der Waals surface area contributed by atoms with Gasteiger partial charge in [0, 0.05) is 6.20 Å². The highest BCUT2D eigenvalue weighted by molar-refractivity contribution is 5.93. The molecule has 1 aromatic rings. The Hall–Kier alpha value is -1.98. The number of nitrogens with one attached hydrogen (secondary N) is 1. The van der Waals surface area contributed by atoms with Gasteiger partial charge in [-0.25, -0.2) is 4.99 Å². The van der Waals surface area contributed by atoms with E-state index in [0.717, 1.165) is 16.9 Å². The van der Waals surface area contributed by atoms with Crippen molar-refractivity contribution >= 4 is 5.84 Å². The molecule has 1 N–H and O–H groups in total. The fourth-order valence-electron chi connectivity index (χ4n) is 2.15. The molecular weight excluding hydrogens is 279 g/mol. The normalized spacial score (nSPS) is 16.6. The molecule has 0 aromatic heterocycles. The molecule has 114 valence electrons. The van der Waals surface area contributed by atoms with Crippen LogP contribution < -0.4 is 5.32 Å². The molecule has 1 heterocycles. The maximum absolute atomic E-state index is 12.3. The lowest BCUT2D eigenvalue weighted by atomic mass is 10.0. The Morgan fingerprint density at radius 1 is 1.29 bits per heavy atom. The van der Waals surface area contributed by atoms with Gasteiger partial charge in [0.2, 0.25) is 0 Å². The number of aliphatic imine (C=N–C) groups is 1. The first kappa shape index (κ1) is 15.4. The van der Waals surface area contributed by atoms with Gasteiger partial charge < -0.3 is 10.2 Å². The van der Waals surface area contributed by atoms with E-state index < -0.39 is 12.7 Å². The van der Waals surface area contributed by atoms with Crippen LogP contribution in [0, 0.1) is 0 Å². The summed E-state index contributed by atoms with van der Waals surface area (Å²) in [5, 5.41) is 3.26. The third-order valence-corrected chi connectivity index (χ3v) is 3.18. The number of halogens is 3. The number of hydrogen-bond donors (Lipinski definition) is 1. The van der Waals surface area contributed by atoms with Crippen LogP contribution in [0.15, 0.2) is 47.6 Å². The molecule has 3 nitrogen and oxygen atoms in total. The Labute approximate surface area is 122 Å². The molecule has 1 aliphatic rings. The highest BCUT2D eigenvalue weighted by Crippen LogP contribution is 2.19. The van der Waals surface area contributed by atoms with Crippen LogP contribution >= 0.6 is 0 Å². The number of benzene rings is 1. The highest BCUT2D eigenvalue weighted by atomic mass is 19.4. The lowest BCUT2D eigenvalue weighted by Crippen LogP contribution is -2.35. The molecule has 0 spiro atoms. The van der Waals surface area contributed by atoms with E-state index in [-0.39, 0.29) is 12.7 Å². The molecule has 0 saturated carbocycles. The summed E-state index contributed by atoms with van der Waals surface area (Å²) in [4.78, 5) is 5.29. The highest BCUT2D eigenvalue weighted by Gasteiger charge is 2.30. The number of nitrogens with zero attached hydrogens (tertiary/aromatic N) is 2. The average Bonchev–Trinajstić information content (AvgIpc) is 2.46. The Morgan fingerprint density at radius 3 is 2.52 bits per heavy atom. The van der Waals surface area contributed by atoms with Crippen molar-refractivity contribution in [1.29, 1.82) is 0 Å². The van der Waals surface area contributed by atoms with Crippen LogP contribution in [0.3, 0.4) is 0 Å². The van der Waals surface area contributed by atoms with Crippen molar-refractivity contribution in [3.8, 4) is 0 Å². The zero-order chi connectivity index (χ0) is 15.3. The van der Waals surface area contributed by atoms with Crippen molar-refractivity contribution in [2.24, 2.45) is 4.99 Å². The Bertz CT molecular complexity index is 509. The molecule has 0 fully saturated rings. The number of amidine groups is 1. The first-order valence-electron chi connectivity index (χ1n) is 6.83. The second-order valence-electron chi connectivity index (χ2n) is 4.88. The summed E-state index contributed by atoms with van der Waals surface area (Å²) in [5.74, 6) is 0.615. The SMILES string of the molecule is CC[C@H](NC1=NCN(CC(F)(F)F)C=C1)c1ccccc1. The van der Waals surface area contributed by atoms with E-state index in [1.165, 1.54) is 6.20 Å². The minimum absolute atomic E-state index is 0.0174. The molecule has 0 amide bonds. The molecule has 0 unspecified atom stereocenters. The van der Waals surface area contributed by atoms with Crippen LogP contribution in [0.25, 0.3) is 0 Å². The maximum Gasteiger partial charge on any atom is 0.405 e. The average molecular weight is 297 g/mol. The summed E-state index contributed by atoms with van der Waals surface area (Å²) in [6, 6.07) is 10.0. The van der Waals surface area contributed by atoms with E-state index in [4.69, 9.17) is 0 Å². The van der Waals surface area contributed by atoms with Crippen molar-refractivity contribution in [3.05, 3.63) is 48.2 Å². The van der Waals surface area contributed by atoms with E-state index in [1.54, 1.807) is 6.08 Å². The van der Waals surface area contributed by atoms with Crippen molar-refractivity contribution in [1.82, 2.24) is 10.2 Å². The topological polar surface area (TPSA) is 27.6 Å². The van der Waals surface area contributed by atoms with E-state index in [1.807, 2.05) is 37.3 Å². The molecule has 21 heavy (non-hydrogen) atoms. The lowest BCUT2D eigenvalue weighted by molar-refractivity contribution is -0.140. The molecule has 0 saturated heterocycles. The second-order valence-corrected chi connectivity index (χ2v) is 4.88. The lowest BCUT2D eigenvalue weighted by Gasteiger charge is -2.25. The molecule has 0 aliphatic carbocycles. The molecule has 0 radical (unpaired) electrons. The zero-order valence-corrected chi connectivity index (χ0v) is 11.8. The van der Waals surface area contributed by atoms with Gasteiger partial charge in [-0.2, -0.15) is 13.2 Å². The zero-order valence-electron chi connectivity index (χ0n) is 11.8. The van der Waals surface area contributed by atoms with Gasteiger partial charge in [0.1, 0.15) is 19.0 Å². The summed E-state index contributed by atoms with van der Waals surface area (Å²) < 4.78 is 36.9. The van der Waals surface area contributed by atoms with Gasteiger partial charge in [-0.05, 0) is 18.1 Å². The molecule has 2 rings (SSSR count). The molecule has 0 bridgehead atoms. The van der Waals surface area contributed by atoms with Gasteiger partial charge in [0.05, 0.1) is 6.04 Å². The fourth-order valence-corrected chi connectivity index (χ4v) is 2.15. The minimum atomic E-state index is -4.21. The number of hydrogen-bond acceptors (Lipinski definition) is 3. The van der Waals surface area contributed by atoms with Gasteiger partial charge >= 0.3 is 6.18 Å². The monoisotopic (exact) mass is 297 g/mol. The summed E-state index contributed by atoms with van der Waals surface area (Å²) in [6.07, 6.45) is -0.328. The van der Waals surface area contributed by atoms with Gasteiger partial charge in [-0.1, -0.05) is 37.3 Å². The number of rotatable bonds is 4. The van der Waals surface area contributed by atoms with Crippen LogP contribution in [-0.4, -0.2) is 30.1 Å². The van der Waals surface area contributed by atoms with Crippen molar-refractivity contribution in [2.75, 3.05) is 13.2 Å². The van der Waals surface area contributed by atoms with Crippen LogP contribution in [-0.2, 0) is 0 Å². The van der Waals surface area contributed by atoms with Crippen LogP contribution in [0.2, 0.25) is 0 Å². The van der Waals surface area contributed by atoms with Gasteiger partial charge in [0.25, 0.3) is 0 Å². The predicted molar refractivity (Wildman–Crippen MR) is 76.8 cm³/mol. The first-order valence-corrected chi connectivity index (χ1v) is 6.83. The molecular formula is C15H18F3N3. The summed E-state index contributed by atoms with van der Waals surface area (Å²) in [5.41, 5.74) is 1.13. The van der Waals surface area contributed by atoms with Gasteiger partial charge in [-0.3, -0.25) is 0 Å². The van der Waals surface area contributed by atoms with Crippen molar-refractivity contribution in [2.45, 2.75) is 25.6 Å². The first-order chi connectivity index (χ1) is 9.98. The quantitative estimate of drug-likeness (QED) is 0.921. The predicted octanol–water partition coefficient (Wildman–Crippen LogP) is 3.47. The molecule has 1 aliphatic heterocycles. The van der Waals surface area contributed by atoms with Crippen LogP contribution in [0.4, 0.5) is 13.2 Å². The minimum Gasteiger partial charge on any atom is -0.363 e. The van der Waals surface area contributed by atoms with Crippen molar-refractivity contribution in [3.63, 3.8) is 0 Å². The second kappa shape index (κ2) is 6.65.